The normalized spacial score (nSPS) is 10.5. The zero-order valence-corrected chi connectivity index (χ0v) is 11.4. The summed E-state index contributed by atoms with van der Waals surface area (Å²) in [6.07, 6.45) is 1.15. The lowest BCUT2D eigenvalue weighted by molar-refractivity contribution is 0.0963. The number of hydrogen-bond acceptors (Lipinski definition) is 5. The Morgan fingerprint density at radius 3 is 2.65 bits per heavy atom. The van der Waals surface area contributed by atoms with Gasteiger partial charge in [-0.1, -0.05) is 23.2 Å². The van der Waals surface area contributed by atoms with E-state index in [4.69, 9.17) is 28.3 Å². The quantitative estimate of drug-likeness (QED) is 0.843. The molecular weight excluding hydrogens is 307 g/mol. The summed E-state index contributed by atoms with van der Waals surface area (Å²) in [7, 11) is 0. The van der Waals surface area contributed by atoms with Crippen molar-refractivity contribution in [2.24, 2.45) is 0 Å². The van der Waals surface area contributed by atoms with E-state index in [0.29, 0.717) is 0 Å². The molecule has 1 aromatic carbocycles. The standard InChI is InChI=1S/C12H8Cl2N2O4/c13-8-4-15-16(12(20)11(8)14)5-10(19)7-2-1-6(17)3-9(7)18/h1-4,17-18H,5H2. The molecule has 0 saturated heterocycles. The second-order valence-electron chi connectivity index (χ2n) is 3.89. The van der Waals surface area contributed by atoms with E-state index >= 15 is 0 Å². The van der Waals surface area contributed by atoms with Crippen LogP contribution in [0.4, 0.5) is 0 Å². The summed E-state index contributed by atoms with van der Waals surface area (Å²) in [5.41, 5.74) is -0.742. The molecule has 8 heteroatoms. The number of Topliss-reactive ketones (excluding diaryl/α,β-unsaturated/α-hetero) is 1. The van der Waals surface area contributed by atoms with Gasteiger partial charge in [0.2, 0.25) is 0 Å². The zero-order chi connectivity index (χ0) is 14.9. The van der Waals surface area contributed by atoms with E-state index in [9.17, 15) is 14.7 Å². The summed E-state index contributed by atoms with van der Waals surface area (Å²) in [5, 5.41) is 22.2. The van der Waals surface area contributed by atoms with E-state index in [1.807, 2.05) is 0 Å². The highest BCUT2D eigenvalue weighted by atomic mass is 35.5. The number of carbonyl (C=O) groups is 1. The van der Waals surface area contributed by atoms with Gasteiger partial charge < -0.3 is 10.2 Å². The predicted octanol–water partition coefficient (Wildman–Crippen LogP) is 1.84. The Balaban J connectivity index is 2.33. The number of carbonyl (C=O) groups excluding carboxylic acids is 1. The fourth-order valence-corrected chi connectivity index (χ4v) is 1.81. The molecule has 2 rings (SSSR count). The van der Waals surface area contributed by atoms with Gasteiger partial charge in [0.1, 0.15) is 23.1 Å². The van der Waals surface area contributed by atoms with Crippen molar-refractivity contribution >= 4 is 29.0 Å². The molecule has 0 aliphatic heterocycles. The van der Waals surface area contributed by atoms with E-state index in [-0.39, 0.29) is 27.1 Å². The lowest BCUT2D eigenvalue weighted by Gasteiger charge is -2.06. The Kier molecular flexibility index (Phi) is 3.96. The Morgan fingerprint density at radius 2 is 2.00 bits per heavy atom. The lowest BCUT2D eigenvalue weighted by atomic mass is 10.1. The lowest BCUT2D eigenvalue weighted by Crippen LogP contribution is -2.27. The molecule has 0 saturated carbocycles. The maximum absolute atomic E-state index is 12.0. The molecular formula is C12H8Cl2N2O4. The third kappa shape index (κ3) is 2.76. The molecule has 6 nitrogen and oxygen atoms in total. The highest BCUT2D eigenvalue weighted by Crippen LogP contribution is 2.23. The van der Waals surface area contributed by atoms with Crippen LogP contribution in [0.1, 0.15) is 10.4 Å². The molecule has 2 aromatic rings. The van der Waals surface area contributed by atoms with Crippen molar-refractivity contribution in [1.82, 2.24) is 9.78 Å². The average Bonchev–Trinajstić information content (AvgIpc) is 2.39. The van der Waals surface area contributed by atoms with Crippen molar-refractivity contribution in [1.29, 1.82) is 0 Å². The van der Waals surface area contributed by atoms with Crippen LogP contribution in [0.25, 0.3) is 0 Å². The monoisotopic (exact) mass is 314 g/mol. The minimum absolute atomic E-state index is 0.00662. The number of benzene rings is 1. The summed E-state index contributed by atoms with van der Waals surface area (Å²) in [4.78, 5) is 23.7. The Bertz CT molecular complexity index is 743. The number of aromatic nitrogens is 2. The first-order chi connectivity index (χ1) is 9.40. The number of ketones is 1. The largest absolute Gasteiger partial charge is 0.508 e. The number of hydrogen-bond donors (Lipinski definition) is 2. The van der Waals surface area contributed by atoms with Crippen molar-refractivity contribution in [3.8, 4) is 11.5 Å². The van der Waals surface area contributed by atoms with E-state index in [1.165, 1.54) is 12.1 Å². The maximum Gasteiger partial charge on any atom is 0.287 e. The molecule has 1 heterocycles. The fraction of sp³-hybridized carbons (Fsp3) is 0.0833. The summed E-state index contributed by atoms with van der Waals surface area (Å²) in [6.45, 7) is -0.409. The number of phenolic OH excluding ortho intramolecular Hbond substituents is 2. The summed E-state index contributed by atoms with van der Waals surface area (Å²) >= 11 is 11.3. The van der Waals surface area contributed by atoms with Gasteiger partial charge in [0.15, 0.2) is 5.78 Å². The van der Waals surface area contributed by atoms with Gasteiger partial charge in [-0.05, 0) is 12.1 Å². The minimum Gasteiger partial charge on any atom is -0.508 e. The van der Waals surface area contributed by atoms with Gasteiger partial charge in [0.25, 0.3) is 5.56 Å². The first-order valence-corrected chi connectivity index (χ1v) is 6.12. The van der Waals surface area contributed by atoms with Crippen LogP contribution in [0.15, 0.2) is 29.2 Å². The third-order valence-corrected chi connectivity index (χ3v) is 3.27. The summed E-state index contributed by atoms with van der Waals surface area (Å²) < 4.78 is 0.836. The molecule has 0 atom stereocenters. The Morgan fingerprint density at radius 1 is 1.30 bits per heavy atom. The zero-order valence-electron chi connectivity index (χ0n) is 9.88. The van der Waals surface area contributed by atoms with Crippen molar-refractivity contribution in [2.75, 3.05) is 0 Å². The van der Waals surface area contributed by atoms with Crippen molar-refractivity contribution in [3.63, 3.8) is 0 Å². The van der Waals surface area contributed by atoms with Crippen LogP contribution in [0.3, 0.4) is 0 Å². The van der Waals surface area contributed by atoms with Crippen LogP contribution in [0.2, 0.25) is 10.0 Å². The summed E-state index contributed by atoms with van der Waals surface area (Å²) in [5.74, 6) is -1.12. The van der Waals surface area contributed by atoms with Crippen LogP contribution in [-0.2, 0) is 6.54 Å². The molecule has 0 aliphatic carbocycles. The smallest absolute Gasteiger partial charge is 0.287 e. The second-order valence-corrected chi connectivity index (χ2v) is 4.68. The molecule has 0 spiro atoms. The van der Waals surface area contributed by atoms with Crippen molar-refractivity contribution < 1.29 is 15.0 Å². The molecule has 0 fully saturated rings. The third-order valence-electron chi connectivity index (χ3n) is 2.52. The topological polar surface area (TPSA) is 92.4 Å². The average molecular weight is 315 g/mol. The molecule has 0 radical (unpaired) electrons. The molecule has 0 bridgehead atoms. The van der Waals surface area contributed by atoms with Crippen LogP contribution in [0, 0.1) is 0 Å². The van der Waals surface area contributed by atoms with Gasteiger partial charge in [-0.25, -0.2) is 4.68 Å². The Hall–Kier alpha value is -2.05. The first-order valence-electron chi connectivity index (χ1n) is 5.36. The molecule has 0 amide bonds. The van der Waals surface area contributed by atoms with Crippen LogP contribution in [-0.4, -0.2) is 25.8 Å². The number of halogens is 2. The maximum atomic E-state index is 12.0. The number of aromatic hydroxyl groups is 2. The van der Waals surface area contributed by atoms with Crippen molar-refractivity contribution in [3.05, 3.63) is 50.4 Å². The van der Waals surface area contributed by atoms with Gasteiger partial charge in [-0.3, -0.25) is 9.59 Å². The Labute approximate surface area is 122 Å². The molecule has 0 aliphatic rings. The SMILES string of the molecule is O=C(Cn1ncc(Cl)c(Cl)c1=O)c1ccc(O)cc1O. The highest BCUT2D eigenvalue weighted by Gasteiger charge is 2.15. The molecule has 20 heavy (non-hydrogen) atoms. The molecule has 104 valence electrons. The van der Waals surface area contributed by atoms with E-state index < -0.39 is 17.9 Å². The fourth-order valence-electron chi connectivity index (χ4n) is 1.53. The van der Waals surface area contributed by atoms with Gasteiger partial charge >= 0.3 is 0 Å². The van der Waals surface area contributed by atoms with Crippen LogP contribution in [0.5, 0.6) is 11.5 Å². The predicted molar refractivity (Wildman–Crippen MR) is 72.6 cm³/mol. The van der Waals surface area contributed by atoms with Gasteiger partial charge in [-0.15, -0.1) is 0 Å². The van der Waals surface area contributed by atoms with Gasteiger partial charge in [0, 0.05) is 6.07 Å². The van der Waals surface area contributed by atoms with Crippen molar-refractivity contribution in [2.45, 2.75) is 6.54 Å². The van der Waals surface area contributed by atoms with Gasteiger partial charge in [-0.2, -0.15) is 5.10 Å². The summed E-state index contributed by atoms with van der Waals surface area (Å²) in [6, 6.07) is 3.52. The molecule has 0 unspecified atom stereocenters. The van der Waals surface area contributed by atoms with E-state index in [2.05, 4.69) is 5.10 Å². The van der Waals surface area contributed by atoms with E-state index in [0.717, 1.165) is 16.9 Å². The second kappa shape index (κ2) is 5.52. The van der Waals surface area contributed by atoms with Gasteiger partial charge in [0.05, 0.1) is 16.8 Å². The van der Waals surface area contributed by atoms with Crippen LogP contribution < -0.4 is 5.56 Å². The highest BCUT2D eigenvalue weighted by molar-refractivity contribution is 6.41. The first kappa shape index (κ1) is 14.4. The van der Waals surface area contributed by atoms with E-state index in [1.54, 1.807) is 0 Å². The number of phenols is 2. The molecule has 2 N–H and O–H groups in total. The van der Waals surface area contributed by atoms with Crippen LogP contribution >= 0.6 is 23.2 Å². The number of nitrogens with zero attached hydrogens (tertiary/aromatic N) is 2. The minimum atomic E-state index is -0.703. The molecule has 1 aromatic heterocycles. The number of rotatable bonds is 3.